The molecule has 2 saturated heterocycles. The fourth-order valence-electron chi connectivity index (χ4n) is 4.16. The molecular weight excluding hydrogens is 384 g/mol. The van der Waals surface area contributed by atoms with Crippen molar-refractivity contribution < 1.29 is 14.3 Å². The van der Waals surface area contributed by atoms with E-state index in [0.29, 0.717) is 50.3 Å². The smallest absolute Gasteiger partial charge is 0.226 e. The van der Waals surface area contributed by atoms with Crippen LogP contribution < -0.4 is 10.1 Å². The van der Waals surface area contributed by atoms with E-state index in [-0.39, 0.29) is 17.7 Å². The second-order valence-corrected chi connectivity index (χ2v) is 8.17. The molecule has 2 amide bonds. The zero-order chi connectivity index (χ0) is 21.1. The van der Waals surface area contributed by atoms with Crippen molar-refractivity contribution in [2.24, 2.45) is 11.8 Å². The summed E-state index contributed by atoms with van der Waals surface area (Å²) in [6.07, 6.45) is 4.31. The summed E-state index contributed by atoms with van der Waals surface area (Å²) < 4.78 is 7.71. The molecule has 2 aliphatic heterocycles. The van der Waals surface area contributed by atoms with Gasteiger partial charge in [0.1, 0.15) is 6.33 Å². The highest BCUT2D eigenvalue weighted by atomic mass is 16.5. The molecule has 2 aromatic heterocycles. The maximum absolute atomic E-state index is 12.7. The van der Waals surface area contributed by atoms with Crippen molar-refractivity contribution in [2.75, 3.05) is 26.2 Å². The SMILES string of the molecule is Cc1cc(C)n(-c2cc(OCC3CCN(C(=O)C4CCNC(=O)C4)CC3)ncn2)n1. The standard InChI is InChI=1S/C21H28N6O3/c1-14-9-15(2)27(25-14)18-11-20(24-13-23-18)30-12-16-4-7-26(8-5-16)21(29)17-3-6-22-19(28)10-17/h9,11,13,16-17H,3-8,10,12H2,1-2H3,(H,22,28). The Bertz CT molecular complexity index is 919. The molecule has 1 unspecified atom stereocenters. The van der Waals surface area contributed by atoms with Gasteiger partial charge in [-0.1, -0.05) is 0 Å². The lowest BCUT2D eigenvalue weighted by atomic mass is 9.93. The van der Waals surface area contributed by atoms with E-state index in [1.165, 1.54) is 6.33 Å². The molecule has 2 aromatic rings. The van der Waals surface area contributed by atoms with Crippen molar-refractivity contribution in [3.8, 4) is 11.7 Å². The van der Waals surface area contributed by atoms with Crippen LogP contribution in [0.3, 0.4) is 0 Å². The molecule has 0 aliphatic carbocycles. The Hall–Kier alpha value is -2.97. The number of aryl methyl sites for hydroxylation is 2. The van der Waals surface area contributed by atoms with Gasteiger partial charge in [0.25, 0.3) is 0 Å². The molecule has 0 bridgehead atoms. The Morgan fingerprint density at radius 3 is 2.70 bits per heavy atom. The number of nitrogens with one attached hydrogen (secondary N) is 1. The second-order valence-electron chi connectivity index (χ2n) is 8.17. The van der Waals surface area contributed by atoms with E-state index >= 15 is 0 Å². The van der Waals surface area contributed by atoms with Crippen LogP contribution in [0, 0.1) is 25.7 Å². The van der Waals surface area contributed by atoms with Crippen molar-refractivity contribution in [1.29, 1.82) is 0 Å². The highest BCUT2D eigenvalue weighted by Crippen LogP contribution is 2.23. The van der Waals surface area contributed by atoms with Gasteiger partial charge in [-0.05, 0) is 45.1 Å². The molecule has 30 heavy (non-hydrogen) atoms. The number of aromatic nitrogens is 4. The predicted octanol–water partition coefficient (Wildman–Crippen LogP) is 1.42. The summed E-state index contributed by atoms with van der Waals surface area (Å²) in [5, 5.41) is 7.23. The number of rotatable bonds is 5. The van der Waals surface area contributed by atoms with Gasteiger partial charge in [-0.25, -0.2) is 14.6 Å². The van der Waals surface area contributed by atoms with Crippen LogP contribution in [0.5, 0.6) is 5.88 Å². The van der Waals surface area contributed by atoms with Gasteiger partial charge in [0.15, 0.2) is 5.82 Å². The van der Waals surface area contributed by atoms with Gasteiger partial charge in [-0.2, -0.15) is 5.10 Å². The molecule has 4 heterocycles. The molecule has 160 valence electrons. The van der Waals surface area contributed by atoms with Crippen LogP contribution >= 0.6 is 0 Å². The third-order valence-corrected chi connectivity index (χ3v) is 5.84. The monoisotopic (exact) mass is 412 g/mol. The fourth-order valence-corrected chi connectivity index (χ4v) is 4.16. The van der Waals surface area contributed by atoms with Crippen LogP contribution in [0.4, 0.5) is 0 Å². The fraction of sp³-hybridized carbons (Fsp3) is 0.571. The van der Waals surface area contributed by atoms with E-state index < -0.39 is 0 Å². The third-order valence-electron chi connectivity index (χ3n) is 5.84. The van der Waals surface area contributed by atoms with Gasteiger partial charge in [-0.3, -0.25) is 9.59 Å². The number of amides is 2. The molecule has 1 N–H and O–H groups in total. The summed E-state index contributed by atoms with van der Waals surface area (Å²) in [5.41, 5.74) is 1.94. The highest BCUT2D eigenvalue weighted by molar-refractivity contribution is 5.86. The molecule has 2 aliphatic rings. The quantitative estimate of drug-likeness (QED) is 0.797. The third kappa shape index (κ3) is 4.60. The van der Waals surface area contributed by atoms with Gasteiger partial charge in [-0.15, -0.1) is 0 Å². The van der Waals surface area contributed by atoms with E-state index in [1.54, 1.807) is 10.7 Å². The summed E-state index contributed by atoms with van der Waals surface area (Å²) in [6.45, 7) is 6.51. The molecule has 0 aromatic carbocycles. The van der Waals surface area contributed by atoms with Crippen molar-refractivity contribution >= 4 is 11.8 Å². The van der Waals surface area contributed by atoms with Crippen LogP contribution in [0.25, 0.3) is 5.82 Å². The molecule has 0 radical (unpaired) electrons. The van der Waals surface area contributed by atoms with Crippen molar-refractivity contribution in [2.45, 2.75) is 39.5 Å². The molecule has 4 rings (SSSR count). The van der Waals surface area contributed by atoms with Crippen LogP contribution in [0.1, 0.15) is 37.1 Å². The van der Waals surface area contributed by atoms with Crippen molar-refractivity contribution in [3.63, 3.8) is 0 Å². The molecule has 0 spiro atoms. The Labute approximate surface area is 175 Å². The summed E-state index contributed by atoms with van der Waals surface area (Å²) >= 11 is 0. The maximum Gasteiger partial charge on any atom is 0.226 e. The largest absolute Gasteiger partial charge is 0.477 e. The first kappa shape index (κ1) is 20.3. The van der Waals surface area contributed by atoms with Crippen LogP contribution in [-0.2, 0) is 9.59 Å². The number of carbonyl (C=O) groups is 2. The topological polar surface area (TPSA) is 102 Å². The lowest BCUT2D eigenvalue weighted by Crippen LogP contribution is -2.46. The number of nitrogens with zero attached hydrogens (tertiary/aromatic N) is 5. The first-order valence-electron chi connectivity index (χ1n) is 10.5. The molecule has 0 saturated carbocycles. The zero-order valence-corrected chi connectivity index (χ0v) is 17.5. The maximum atomic E-state index is 12.7. The van der Waals surface area contributed by atoms with E-state index in [9.17, 15) is 9.59 Å². The van der Waals surface area contributed by atoms with Crippen molar-refractivity contribution in [1.82, 2.24) is 30.0 Å². The van der Waals surface area contributed by atoms with E-state index in [4.69, 9.17) is 4.74 Å². The second kappa shape index (κ2) is 8.81. The van der Waals surface area contributed by atoms with E-state index in [1.807, 2.05) is 24.8 Å². The summed E-state index contributed by atoms with van der Waals surface area (Å²) in [5.74, 6) is 1.51. The highest BCUT2D eigenvalue weighted by Gasteiger charge is 2.31. The number of likely N-dealkylation sites (tertiary alicyclic amines) is 1. The van der Waals surface area contributed by atoms with Gasteiger partial charge < -0.3 is 15.0 Å². The predicted molar refractivity (Wildman–Crippen MR) is 109 cm³/mol. The van der Waals surface area contributed by atoms with Crippen LogP contribution in [0.15, 0.2) is 18.5 Å². The van der Waals surface area contributed by atoms with Crippen molar-refractivity contribution in [3.05, 3.63) is 29.8 Å². The van der Waals surface area contributed by atoms with Crippen LogP contribution in [0.2, 0.25) is 0 Å². The minimum Gasteiger partial charge on any atom is -0.477 e. The number of hydrogen-bond donors (Lipinski definition) is 1. The Kier molecular flexibility index (Phi) is 5.96. The van der Waals surface area contributed by atoms with Gasteiger partial charge in [0, 0.05) is 43.7 Å². The first-order chi connectivity index (χ1) is 14.5. The minimum atomic E-state index is -0.166. The molecule has 2 fully saturated rings. The Balaban J connectivity index is 1.28. The normalized spacial score (nSPS) is 20.1. The summed E-state index contributed by atoms with van der Waals surface area (Å²) in [7, 11) is 0. The zero-order valence-electron chi connectivity index (χ0n) is 17.5. The average molecular weight is 412 g/mol. The van der Waals surface area contributed by atoms with Crippen LogP contribution in [-0.4, -0.2) is 62.7 Å². The number of piperidine rings is 2. The molecular formula is C21H28N6O3. The Morgan fingerprint density at radius 2 is 2.00 bits per heavy atom. The average Bonchev–Trinajstić information content (AvgIpc) is 3.10. The van der Waals surface area contributed by atoms with Gasteiger partial charge in [0.05, 0.1) is 12.3 Å². The lowest BCUT2D eigenvalue weighted by molar-refractivity contribution is -0.141. The van der Waals surface area contributed by atoms with E-state index in [0.717, 1.165) is 30.7 Å². The minimum absolute atomic E-state index is 0.0208. The molecule has 9 nitrogen and oxygen atoms in total. The number of ether oxygens (including phenoxy) is 1. The summed E-state index contributed by atoms with van der Waals surface area (Å²) in [4.78, 5) is 34.7. The lowest BCUT2D eigenvalue weighted by Gasteiger charge is -2.35. The number of hydrogen-bond acceptors (Lipinski definition) is 6. The van der Waals surface area contributed by atoms with E-state index in [2.05, 4.69) is 20.4 Å². The van der Waals surface area contributed by atoms with Gasteiger partial charge >= 0.3 is 0 Å². The molecule has 9 heteroatoms. The van der Waals surface area contributed by atoms with Gasteiger partial charge in [0.2, 0.25) is 17.7 Å². The molecule has 1 atom stereocenters. The number of carbonyl (C=O) groups excluding carboxylic acids is 2. The Morgan fingerprint density at radius 1 is 1.20 bits per heavy atom. The summed E-state index contributed by atoms with van der Waals surface area (Å²) in [6, 6.07) is 3.80. The first-order valence-corrected chi connectivity index (χ1v) is 10.5.